The lowest BCUT2D eigenvalue weighted by atomic mass is 10.7. The maximum atomic E-state index is 3.69. The summed E-state index contributed by atoms with van der Waals surface area (Å²) in [5.74, 6) is 0. The standard InChI is InChI=1S/C5H11N3/c1-4-5-8(3)7-6-2/h4-5H,1-3H3/b5-4+,7-6?. The van der Waals surface area contributed by atoms with Gasteiger partial charge in [0, 0.05) is 13.2 Å². The average molecular weight is 113 g/mol. The van der Waals surface area contributed by atoms with Gasteiger partial charge in [-0.25, -0.2) is 0 Å². The molecule has 0 atom stereocenters. The van der Waals surface area contributed by atoms with E-state index in [-0.39, 0.29) is 0 Å². The van der Waals surface area contributed by atoms with Gasteiger partial charge in [-0.3, -0.25) is 5.01 Å². The van der Waals surface area contributed by atoms with Crippen molar-refractivity contribution < 1.29 is 0 Å². The summed E-state index contributed by atoms with van der Waals surface area (Å²) in [5.41, 5.74) is 0. The molecule has 8 heavy (non-hydrogen) atoms. The van der Waals surface area contributed by atoms with Crippen LogP contribution in [0.1, 0.15) is 6.92 Å². The minimum Gasteiger partial charge on any atom is -0.258 e. The molecule has 3 nitrogen and oxygen atoms in total. The molecule has 46 valence electrons. The van der Waals surface area contributed by atoms with Crippen LogP contribution in [0, 0.1) is 0 Å². The zero-order chi connectivity index (χ0) is 6.41. The van der Waals surface area contributed by atoms with Crippen molar-refractivity contribution in [2.45, 2.75) is 6.92 Å². The van der Waals surface area contributed by atoms with Crippen molar-refractivity contribution in [1.29, 1.82) is 0 Å². The van der Waals surface area contributed by atoms with Crippen LogP contribution in [-0.2, 0) is 0 Å². The van der Waals surface area contributed by atoms with Gasteiger partial charge < -0.3 is 0 Å². The minimum atomic E-state index is 1.64. The van der Waals surface area contributed by atoms with Gasteiger partial charge in [0.15, 0.2) is 0 Å². The maximum absolute atomic E-state index is 3.69. The van der Waals surface area contributed by atoms with Crippen LogP contribution >= 0.6 is 0 Å². The molecule has 0 N–H and O–H groups in total. The van der Waals surface area contributed by atoms with Gasteiger partial charge in [-0.1, -0.05) is 11.3 Å². The zero-order valence-electron chi connectivity index (χ0n) is 5.50. The summed E-state index contributed by atoms with van der Waals surface area (Å²) < 4.78 is 0. The highest BCUT2D eigenvalue weighted by Crippen LogP contribution is 1.83. The summed E-state index contributed by atoms with van der Waals surface area (Å²) in [7, 11) is 3.47. The topological polar surface area (TPSA) is 28.0 Å². The Morgan fingerprint density at radius 2 is 2.12 bits per heavy atom. The van der Waals surface area contributed by atoms with Crippen molar-refractivity contribution in [2.75, 3.05) is 14.1 Å². The van der Waals surface area contributed by atoms with Gasteiger partial charge in [0.1, 0.15) is 0 Å². The van der Waals surface area contributed by atoms with Gasteiger partial charge in [0.25, 0.3) is 0 Å². The third-order valence-electron chi connectivity index (χ3n) is 0.595. The fourth-order valence-electron chi connectivity index (χ4n) is 0.387. The largest absolute Gasteiger partial charge is 0.258 e. The fourth-order valence-corrected chi connectivity index (χ4v) is 0.387. The molecule has 0 aromatic rings. The first-order valence-electron chi connectivity index (χ1n) is 2.46. The van der Waals surface area contributed by atoms with Crippen molar-refractivity contribution in [1.82, 2.24) is 5.01 Å². The van der Waals surface area contributed by atoms with E-state index in [0.717, 1.165) is 0 Å². The Hall–Kier alpha value is -0.860. The lowest BCUT2D eigenvalue weighted by Gasteiger charge is -2.00. The fraction of sp³-hybridized carbons (Fsp3) is 0.600. The Bertz CT molecular complexity index is 83.8. The minimum absolute atomic E-state index is 1.64. The van der Waals surface area contributed by atoms with Crippen LogP contribution in [-0.4, -0.2) is 19.1 Å². The summed E-state index contributed by atoms with van der Waals surface area (Å²) in [6.45, 7) is 1.93. The van der Waals surface area contributed by atoms with Crippen LogP contribution in [0.2, 0.25) is 0 Å². The predicted octanol–water partition coefficient (Wildman–Crippen LogP) is 1.45. The Kier molecular flexibility index (Phi) is 3.84. The smallest absolute Gasteiger partial charge is 0.0509 e. The van der Waals surface area contributed by atoms with Crippen molar-refractivity contribution in [3.63, 3.8) is 0 Å². The second-order valence-electron chi connectivity index (χ2n) is 1.35. The van der Waals surface area contributed by atoms with Gasteiger partial charge in [-0.05, 0) is 6.92 Å². The Labute approximate surface area is 49.7 Å². The SMILES string of the molecule is C/C=C/N(C)N=NC. The highest BCUT2D eigenvalue weighted by Gasteiger charge is 1.76. The van der Waals surface area contributed by atoms with E-state index in [2.05, 4.69) is 10.3 Å². The van der Waals surface area contributed by atoms with Gasteiger partial charge >= 0.3 is 0 Å². The highest BCUT2D eigenvalue weighted by molar-refractivity contribution is 4.72. The predicted molar refractivity (Wildman–Crippen MR) is 33.4 cm³/mol. The van der Waals surface area contributed by atoms with Crippen molar-refractivity contribution in [2.24, 2.45) is 10.3 Å². The Balaban J connectivity index is 3.47. The third kappa shape index (κ3) is 3.33. The first kappa shape index (κ1) is 7.14. The molecule has 0 amide bonds. The number of nitrogens with zero attached hydrogens (tertiary/aromatic N) is 3. The van der Waals surface area contributed by atoms with Crippen molar-refractivity contribution >= 4 is 0 Å². The van der Waals surface area contributed by atoms with Crippen molar-refractivity contribution in [3.8, 4) is 0 Å². The quantitative estimate of drug-likeness (QED) is 0.393. The number of hydrogen-bond acceptors (Lipinski definition) is 2. The van der Waals surface area contributed by atoms with Crippen LogP contribution in [0.15, 0.2) is 22.6 Å². The van der Waals surface area contributed by atoms with E-state index in [0.29, 0.717) is 0 Å². The molecule has 0 bridgehead atoms. The van der Waals surface area contributed by atoms with E-state index in [1.165, 1.54) is 0 Å². The summed E-state index contributed by atoms with van der Waals surface area (Å²) in [4.78, 5) is 0. The van der Waals surface area contributed by atoms with Crippen LogP contribution in [0.25, 0.3) is 0 Å². The number of allylic oxidation sites excluding steroid dienone is 1. The first-order chi connectivity index (χ1) is 3.81. The third-order valence-corrected chi connectivity index (χ3v) is 0.595. The lowest BCUT2D eigenvalue weighted by Crippen LogP contribution is -1.97. The monoisotopic (exact) mass is 113 g/mol. The van der Waals surface area contributed by atoms with Gasteiger partial charge in [-0.15, -0.1) is 0 Å². The number of rotatable bonds is 2. The molecule has 0 heterocycles. The van der Waals surface area contributed by atoms with E-state index >= 15 is 0 Å². The molecule has 0 aliphatic heterocycles. The molecule has 0 rings (SSSR count). The molecule has 0 radical (unpaired) electrons. The van der Waals surface area contributed by atoms with Crippen molar-refractivity contribution in [3.05, 3.63) is 12.3 Å². The summed E-state index contributed by atoms with van der Waals surface area (Å²) in [6.07, 6.45) is 3.72. The maximum Gasteiger partial charge on any atom is 0.0509 e. The molecular formula is C5H11N3. The van der Waals surface area contributed by atoms with E-state index in [1.54, 1.807) is 12.1 Å². The molecule has 0 fully saturated rings. The lowest BCUT2D eigenvalue weighted by molar-refractivity contribution is 0.452. The van der Waals surface area contributed by atoms with Gasteiger partial charge in [-0.2, -0.15) is 5.11 Å². The zero-order valence-corrected chi connectivity index (χ0v) is 5.50. The summed E-state index contributed by atoms with van der Waals surface area (Å²) >= 11 is 0. The van der Waals surface area contributed by atoms with Crippen LogP contribution < -0.4 is 0 Å². The molecule has 0 aliphatic carbocycles. The molecule has 0 unspecified atom stereocenters. The van der Waals surface area contributed by atoms with E-state index in [1.807, 2.05) is 26.2 Å². The van der Waals surface area contributed by atoms with Crippen LogP contribution in [0.3, 0.4) is 0 Å². The van der Waals surface area contributed by atoms with Gasteiger partial charge in [0.2, 0.25) is 0 Å². The molecule has 0 saturated heterocycles. The molecule has 0 aromatic carbocycles. The van der Waals surface area contributed by atoms with Crippen LogP contribution in [0.5, 0.6) is 0 Å². The average Bonchev–Trinajstić information content (AvgIpc) is 1.68. The van der Waals surface area contributed by atoms with E-state index in [9.17, 15) is 0 Å². The summed E-state index contributed by atoms with van der Waals surface area (Å²) in [5, 5.41) is 8.88. The molecular weight excluding hydrogens is 102 g/mol. The highest BCUT2D eigenvalue weighted by atomic mass is 15.5. The second-order valence-corrected chi connectivity index (χ2v) is 1.35. The van der Waals surface area contributed by atoms with E-state index < -0.39 is 0 Å². The molecule has 0 aromatic heterocycles. The Morgan fingerprint density at radius 1 is 1.50 bits per heavy atom. The normalized spacial score (nSPS) is 11.4. The molecule has 0 spiro atoms. The first-order valence-corrected chi connectivity index (χ1v) is 2.46. The molecule has 3 heteroatoms. The molecule has 0 aliphatic rings. The molecule has 0 saturated carbocycles. The summed E-state index contributed by atoms with van der Waals surface area (Å²) in [6, 6.07) is 0. The second kappa shape index (κ2) is 4.30. The Morgan fingerprint density at radius 3 is 2.50 bits per heavy atom. The number of hydrogen-bond donors (Lipinski definition) is 0. The van der Waals surface area contributed by atoms with Crippen LogP contribution in [0.4, 0.5) is 0 Å². The van der Waals surface area contributed by atoms with E-state index in [4.69, 9.17) is 0 Å². The van der Waals surface area contributed by atoms with Gasteiger partial charge in [0.05, 0.1) is 7.05 Å².